The van der Waals surface area contributed by atoms with Crippen LogP contribution in [0.3, 0.4) is 0 Å². The molecule has 2 aromatic rings. The van der Waals surface area contributed by atoms with Crippen LogP contribution in [0.5, 0.6) is 17.2 Å². The average molecular weight is 269 g/mol. The number of methoxy groups -OCH3 is 1. The molecule has 0 unspecified atom stereocenters. The van der Waals surface area contributed by atoms with Crippen molar-refractivity contribution in [3.05, 3.63) is 29.8 Å². The summed E-state index contributed by atoms with van der Waals surface area (Å²) in [6.45, 7) is 3.73. The molecule has 3 rings (SSSR count). The zero-order valence-electron chi connectivity index (χ0n) is 11.7. The lowest BCUT2D eigenvalue weighted by Gasteiger charge is -2.33. The quantitative estimate of drug-likeness (QED) is 0.838. The number of hydrogen-bond acceptors (Lipinski definition) is 4. The van der Waals surface area contributed by atoms with E-state index >= 15 is 0 Å². The molecule has 0 fully saturated rings. The molecule has 0 saturated heterocycles. The molecule has 1 heterocycles. The largest absolute Gasteiger partial charge is 0.496 e. The Morgan fingerprint density at radius 2 is 2.00 bits per heavy atom. The molecule has 0 N–H and O–H groups in total. The van der Waals surface area contributed by atoms with Crippen LogP contribution in [0.1, 0.15) is 19.4 Å². The summed E-state index contributed by atoms with van der Waals surface area (Å²) in [4.78, 5) is 0. The van der Waals surface area contributed by atoms with Gasteiger partial charge in [-0.15, -0.1) is 0 Å². The number of ether oxygens (including phenoxy) is 3. The molecule has 0 spiro atoms. The number of hydrogen-bond donors (Lipinski definition) is 0. The number of benzene rings is 2. The molecule has 0 aromatic heterocycles. The summed E-state index contributed by atoms with van der Waals surface area (Å²) in [6.07, 6.45) is 0.279. The van der Waals surface area contributed by atoms with Gasteiger partial charge >= 0.3 is 0 Å². The first kappa shape index (κ1) is 12.6. The predicted molar refractivity (Wildman–Crippen MR) is 75.2 cm³/mol. The third kappa shape index (κ3) is 1.83. The molecule has 0 aliphatic carbocycles. The predicted octanol–water partition coefficient (Wildman–Crippen LogP) is 3.42. The lowest BCUT2D eigenvalue weighted by Crippen LogP contribution is -2.37. The van der Waals surface area contributed by atoms with Gasteiger partial charge in [0.05, 0.1) is 25.0 Å². The minimum absolute atomic E-state index is 0.279. The minimum atomic E-state index is -0.722. The topological polar surface area (TPSA) is 51.5 Å². The van der Waals surface area contributed by atoms with E-state index in [9.17, 15) is 0 Å². The SMILES string of the molecule is COc1c(CC#N)cc2c3c(cccc13)OC(C)(C)O2. The lowest BCUT2D eigenvalue weighted by atomic mass is 10.0. The van der Waals surface area contributed by atoms with Crippen LogP contribution in [0.25, 0.3) is 10.8 Å². The monoisotopic (exact) mass is 269 g/mol. The summed E-state index contributed by atoms with van der Waals surface area (Å²) >= 11 is 0. The van der Waals surface area contributed by atoms with E-state index in [0.717, 1.165) is 27.8 Å². The Morgan fingerprint density at radius 1 is 1.25 bits per heavy atom. The van der Waals surface area contributed by atoms with E-state index in [1.165, 1.54) is 0 Å². The van der Waals surface area contributed by atoms with Gasteiger partial charge in [0.1, 0.15) is 17.2 Å². The number of nitrogens with zero attached hydrogens (tertiary/aromatic N) is 1. The first-order valence-electron chi connectivity index (χ1n) is 6.43. The normalized spacial score (nSPS) is 15.1. The van der Waals surface area contributed by atoms with Crippen molar-refractivity contribution in [3.63, 3.8) is 0 Å². The van der Waals surface area contributed by atoms with E-state index < -0.39 is 5.79 Å². The highest BCUT2D eigenvalue weighted by Gasteiger charge is 2.31. The Morgan fingerprint density at radius 3 is 2.70 bits per heavy atom. The summed E-state index contributed by atoms with van der Waals surface area (Å²) < 4.78 is 17.2. The zero-order chi connectivity index (χ0) is 14.3. The Kier molecular flexibility index (Phi) is 2.72. The maximum atomic E-state index is 8.98. The molecule has 0 saturated carbocycles. The molecule has 1 aliphatic rings. The molecule has 0 amide bonds. The van der Waals surface area contributed by atoms with E-state index in [0.29, 0.717) is 5.75 Å². The van der Waals surface area contributed by atoms with Crippen molar-refractivity contribution in [1.29, 1.82) is 5.26 Å². The third-order valence-corrected chi connectivity index (χ3v) is 3.30. The van der Waals surface area contributed by atoms with Crippen LogP contribution in [0.15, 0.2) is 24.3 Å². The Bertz CT molecular complexity index is 729. The molecule has 0 atom stereocenters. The summed E-state index contributed by atoms with van der Waals surface area (Å²) in [5.41, 5.74) is 0.826. The van der Waals surface area contributed by atoms with Crippen LogP contribution in [-0.2, 0) is 6.42 Å². The van der Waals surface area contributed by atoms with Crippen molar-refractivity contribution in [3.8, 4) is 23.3 Å². The fourth-order valence-corrected chi connectivity index (χ4v) is 2.62. The van der Waals surface area contributed by atoms with E-state index in [1.807, 2.05) is 38.1 Å². The van der Waals surface area contributed by atoms with Gasteiger partial charge in [-0.3, -0.25) is 0 Å². The van der Waals surface area contributed by atoms with Crippen LogP contribution >= 0.6 is 0 Å². The fourth-order valence-electron chi connectivity index (χ4n) is 2.62. The first-order chi connectivity index (χ1) is 9.55. The van der Waals surface area contributed by atoms with Crippen LogP contribution in [0.4, 0.5) is 0 Å². The van der Waals surface area contributed by atoms with Crippen molar-refractivity contribution in [2.45, 2.75) is 26.1 Å². The molecule has 0 radical (unpaired) electrons. The van der Waals surface area contributed by atoms with Crippen molar-refractivity contribution in [2.75, 3.05) is 7.11 Å². The highest BCUT2D eigenvalue weighted by Crippen LogP contribution is 2.46. The van der Waals surface area contributed by atoms with Gasteiger partial charge in [0, 0.05) is 24.8 Å². The van der Waals surface area contributed by atoms with Crippen molar-refractivity contribution < 1.29 is 14.2 Å². The minimum Gasteiger partial charge on any atom is -0.496 e. The van der Waals surface area contributed by atoms with Crippen LogP contribution < -0.4 is 14.2 Å². The summed E-state index contributed by atoms with van der Waals surface area (Å²) in [7, 11) is 1.61. The first-order valence-corrected chi connectivity index (χ1v) is 6.43. The van der Waals surface area contributed by atoms with E-state index in [-0.39, 0.29) is 6.42 Å². The van der Waals surface area contributed by atoms with Crippen LogP contribution in [-0.4, -0.2) is 12.9 Å². The molecule has 4 nitrogen and oxygen atoms in total. The fraction of sp³-hybridized carbons (Fsp3) is 0.312. The smallest absolute Gasteiger partial charge is 0.245 e. The van der Waals surface area contributed by atoms with Crippen LogP contribution in [0.2, 0.25) is 0 Å². The molecule has 4 heteroatoms. The molecule has 1 aliphatic heterocycles. The van der Waals surface area contributed by atoms with Gasteiger partial charge in [0.15, 0.2) is 0 Å². The highest BCUT2D eigenvalue weighted by molar-refractivity contribution is 5.99. The second kappa shape index (κ2) is 4.31. The van der Waals surface area contributed by atoms with Gasteiger partial charge in [-0.25, -0.2) is 0 Å². The Balaban J connectivity index is 2.35. The van der Waals surface area contributed by atoms with Gasteiger partial charge < -0.3 is 14.2 Å². The van der Waals surface area contributed by atoms with E-state index in [1.54, 1.807) is 7.11 Å². The standard InChI is InChI=1S/C16H15NO3/c1-16(2)19-12-6-4-5-11-14(12)13(20-16)9-10(7-8-17)15(11)18-3/h4-6,9H,7H2,1-3H3. The van der Waals surface area contributed by atoms with Gasteiger partial charge in [0.25, 0.3) is 0 Å². The van der Waals surface area contributed by atoms with E-state index in [2.05, 4.69) is 6.07 Å². The number of rotatable bonds is 2. The molecular weight excluding hydrogens is 254 g/mol. The summed E-state index contributed by atoms with van der Waals surface area (Å²) in [6, 6.07) is 9.82. The van der Waals surface area contributed by atoms with Crippen LogP contribution in [0, 0.1) is 11.3 Å². The second-order valence-electron chi connectivity index (χ2n) is 5.18. The maximum Gasteiger partial charge on any atom is 0.245 e. The highest BCUT2D eigenvalue weighted by atomic mass is 16.7. The van der Waals surface area contributed by atoms with Crippen molar-refractivity contribution in [2.24, 2.45) is 0 Å². The lowest BCUT2D eigenvalue weighted by molar-refractivity contribution is -0.0861. The van der Waals surface area contributed by atoms with Crippen molar-refractivity contribution >= 4 is 10.8 Å². The molecule has 0 bridgehead atoms. The Hall–Kier alpha value is -2.41. The summed E-state index contributed by atoms with van der Waals surface area (Å²) in [5.74, 6) is 1.49. The molecule has 102 valence electrons. The summed E-state index contributed by atoms with van der Waals surface area (Å²) in [5, 5.41) is 10.8. The molecule has 20 heavy (non-hydrogen) atoms. The Labute approximate surface area is 117 Å². The van der Waals surface area contributed by atoms with Crippen molar-refractivity contribution in [1.82, 2.24) is 0 Å². The average Bonchev–Trinajstić information content (AvgIpc) is 2.37. The zero-order valence-corrected chi connectivity index (χ0v) is 11.7. The van der Waals surface area contributed by atoms with Gasteiger partial charge in [-0.2, -0.15) is 5.26 Å². The number of nitriles is 1. The van der Waals surface area contributed by atoms with Gasteiger partial charge in [-0.1, -0.05) is 12.1 Å². The van der Waals surface area contributed by atoms with E-state index in [4.69, 9.17) is 19.5 Å². The maximum absolute atomic E-state index is 8.98. The van der Waals surface area contributed by atoms with Gasteiger partial charge in [-0.05, 0) is 12.1 Å². The third-order valence-electron chi connectivity index (χ3n) is 3.30. The molecule has 2 aromatic carbocycles. The molecular formula is C16H15NO3. The van der Waals surface area contributed by atoms with Gasteiger partial charge in [0.2, 0.25) is 5.79 Å². The second-order valence-corrected chi connectivity index (χ2v) is 5.18.